The number of rotatable bonds is 5. The molecular formula is C14H16BrClFN3. The third-order valence-electron chi connectivity index (χ3n) is 3.19. The first-order chi connectivity index (χ1) is 9.54. The van der Waals surface area contributed by atoms with Gasteiger partial charge in [0.2, 0.25) is 0 Å². The standard InChI is InChI=1S/C14H16BrClFN3/c1-3-18-13(14-10(15)8-19-20(14)2)7-9-11(16)5-4-6-12(9)17/h4-6,8,13,18H,3,7H2,1-2H3. The molecule has 1 aromatic carbocycles. The Bertz CT molecular complexity index is 560. The summed E-state index contributed by atoms with van der Waals surface area (Å²) in [5, 5.41) is 8.01. The van der Waals surface area contributed by atoms with Crippen LogP contribution in [0.25, 0.3) is 0 Å². The molecule has 6 heteroatoms. The van der Waals surface area contributed by atoms with Gasteiger partial charge < -0.3 is 5.32 Å². The van der Waals surface area contributed by atoms with Crippen molar-refractivity contribution in [3.63, 3.8) is 0 Å². The van der Waals surface area contributed by atoms with Crippen LogP contribution >= 0.6 is 27.5 Å². The van der Waals surface area contributed by atoms with Crippen LogP contribution in [0.5, 0.6) is 0 Å². The highest BCUT2D eigenvalue weighted by atomic mass is 79.9. The number of nitrogens with one attached hydrogen (secondary N) is 1. The Morgan fingerprint density at radius 1 is 1.50 bits per heavy atom. The Morgan fingerprint density at radius 2 is 2.25 bits per heavy atom. The van der Waals surface area contributed by atoms with Crippen LogP contribution in [-0.2, 0) is 13.5 Å². The van der Waals surface area contributed by atoms with Gasteiger partial charge >= 0.3 is 0 Å². The second-order valence-electron chi connectivity index (χ2n) is 4.52. The van der Waals surface area contributed by atoms with Crippen molar-refractivity contribution in [3.8, 4) is 0 Å². The van der Waals surface area contributed by atoms with Crippen molar-refractivity contribution in [1.82, 2.24) is 15.1 Å². The average molecular weight is 361 g/mol. The summed E-state index contributed by atoms with van der Waals surface area (Å²) in [6.45, 7) is 2.79. The summed E-state index contributed by atoms with van der Waals surface area (Å²) < 4.78 is 16.6. The normalized spacial score (nSPS) is 12.7. The predicted octanol–water partition coefficient (Wildman–Crippen LogP) is 3.87. The van der Waals surface area contributed by atoms with Gasteiger partial charge in [-0.05, 0) is 41.0 Å². The van der Waals surface area contributed by atoms with Gasteiger partial charge in [-0.15, -0.1) is 0 Å². The lowest BCUT2D eigenvalue weighted by atomic mass is 10.0. The number of benzene rings is 1. The Morgan fingerprint density at radius 3 is 2.80 bits per heavy atom. The first-order valence-corrected chi connectivity index (χ1v) is 7.55. The van der Waals surface area contributed by atoms with Crippen LogP contribution in [0.4, 0.5) is 4.39 Å². The smallest absolute Gasteiger partial charge is 0.127 e. The second-order valence-corrected chi connectivity index (χ2v) is 5.78. The van der Waals surface area contributed by atoms with E-state index in [2.05, 4.69) is 26.3 Å². The summed E-state index contributed by atoms with van der Waals surface area (Å²) in [6, 6.07) is 4.70. The van der Waals surface area contributed by atoms with Crippen molar-refractivity contribution in [1.29, 1.82) is 0 Å². The van der Waals surface area contributed by atoms with Crippen LogP contribution < -0.4 is 5.32 Å². The first-order valence-electron chi connectivity index (χ1n) is 6.38. The number of hydrogen-bond acceptors (Lipinski definition) is 2. The van der Waals surface area contributed by atoms with Gasteiger partial charge in [-0.3, -0.25) is 4.68 Å². The Kier molecular flexibility index (Phi) is 5.18. The van der Waals surface area contributed by atoms with Gasteiger partial charge in [-0.1, -0.05) is 24.6 Å². The van der Waals surface area contributed by atoms with Crippen molar-refractivity contribution < 1.29 is 4.39 Å². The molecule has 0 saturated carbocycles. The van der Waals surface area contributed by atoms with E-state index in [1.54, 1.807) is 23.0 Å². The molecule has 1 atom stereocenters. The number of hydrogen-bond donors (Lipinski definition) is 1. The molecule has 0 radical (unpaired) electrons. The molecule has 0 fully saturated rings. The zero-order valence-electron chi connectivity index (χ0n) is 11.3. The maximum atomic E-state index is 13.9. The van der Waals surface area contributed by atoms with Gasteiger partial charge in [0.1, 0.15) is 5.82 Å². The third-order valence-corrected chi connectivity index (χ3v) is 4.15. The molecule has 0 spiro atoms. The highest BCUT2D eigenvalue weighted by Crippen LogP contribution is 2.29. The largest absolute Gasteiger partial charge is 0.309 e. The van der Waals surface area contributed by atoms with Crippen LogP contribution in [0, 0.1) is 5.82 Å². The maximum absolute atomic E-state index is 13.9. The summed E-state index contributed by atoms with van der Waals surface area (Å²) in [6.07, 6.45) is 2.21. The minimum atomic E-state index is -0.279. The highest BCUT2D eigenvalue weighted by Gasteiger charge is 2.21. The molecule has 1 unspecified atom stereocenters. The zero-order chi connectivity index (χ0) is 14.7. The van der Waals surface area contributed by atoms with Crippen molar-refractivity contribution in [2.45, 2.75) is 19.4 Å². The Hall–Kier alpha value is -0.910. The average Bonchev–Trinajstić information content (AvgIpc) is 2.73. The summed E-state index contributed by atoms with van der Waals surface area (Å²) >= 11 is 9.60. The van der Waals surface area contributed by atoms with E-state index in [9.17, 15) is 4.39 Å². The molecule has 1 N–H and O–H groups in total. The van der Waals surface area contributed by atoms with Gasteiger partial charge in [0, 0.05) is 17.6 Å². The zero-order valence-corrected chi connectivity index (χ0v) is 13.7. The van der Waals surface area contributed by atoms with Crippen LogP contribution in [0.1, 0.15) is 24.2 Å². The van der Waals surface area contributed by atoms with Crippen LogP contribution in [0.3, 0.4) is 0 Å². The lowest BCUT2D eigenvalue weighted by Gasteiger charge is -2.20. The maximum Gasteiger partial charge on any atom is 0.127 e. The van der Waals surface area contributed by atoms with Crippen LogP contribution in [0.2, 0.25) is 5.02 Å². The van der Waals surface area contributed by atoms with Gasteiger partial charge in [0.15, 0.2) is 0 Å². The van der Waals surface area contributed by atoms with Crippen LogP contribution in [0.15, 0.2) is 28.9 Å². The molecule has 0 aliphatic carbocycles. The molecule has 0 amide bonds. The quantitative estimate of drug-likeness (QED) is 0.877. The van der Waals surface area contributed by atoms with Gasteiger partial charge in [0.25, 0.3) is 0 Å². The van der Waals surface area contributed by atoms with E-state index in [1.165, 1.54) is 6.07 Å². The fourth-order valence-electron chi connectivity index (χ4n) is 2.26. The third kappa shape index (κ3) is 3.22. The van der Waals surface area contributed by atoms with Crippen LogP contribution in [-0.4, -0.2) is 16.3 Å². The minimum Gasteiger partial charge on any atom is -0.309 e. The number of halogens is 3. The molecule has 2 aromatic rings. The molecule has 0 bridgehead atoms. The van der Waals surface area contributed by atoms with Gasteiger partial charge in [-0.2, -0.15) is 5.10 Å². The number of nitrogens with zero attached hydrogens (tertiary/aromatic N) is 2. The molecular weight excluding hydrogens is 345 g/mol. The van der Waals surface area contributed by atoms with Crippen molar-refractivity contribution >= 4 is 27.5 Å². The lowest BCUT2D eigenvalue weighted by molar-refractivity contribution is 0.493. The van der Waals surface area contributed by atoms with Crippen molar-refractivity contribution in [2.75, 3.05) is 6.54 Å². The van der Waals surface area contributed by atoms with E-state index in [-0.39, 0.29) is 11.9 Å². The Labute approximate surface area is 131 Å². The van der Waals surface area contributed by atoms with E-state index in [1.807, 2.05) is 14.0 Å². The summed E-state index contributed by atoms with van der Waals surface area (Å²) in [4.78, 5) is 0. The molecule has 1 heterocycles. The van der Waals surface area contributed by atoms with E-state index >= 15 is 0 Å². The van der Waals surface area contributed by atoms with Crippen molar-refractivity contribution in [2.24, 2.45) is 7.05 Å². The fraction of sp³-hybridized carbons (Fsp3) is 0.357. The highest BCUT2D eigenvalue weighted by molar-refractivity contribution is 9.10. The minimum absolute atomic E-state index is 0.0590. The van der Waals surface area contributed by atoms with Gasteiger partial charge in [0.05, 0.1) is 22.4 Å². The monoisotopic (exact) mass is 359 g/mol. The molecule has 0 saturated heterocycles. The molecule has 0 aliphatic rings. The lowest BCUT2D eigenvalue weighted by Crippen LogP contribution is -2.26. The predicted molar refractivity (Wildman–Crippen MR) is 82.4 cm³/mol. The second kappa shape index (κ2) is 6.70. The topological polar surface area (TPSA) is 29.9 Å². The van der Waals surface area contributed by atoms with E-state index in [0.29, 0.717) is 17.0 Å². The Balaban J connectivity index is 2.36. The summed E-state index contributed by atoms with van der Waals surface area (Å²) in [5.74, 6) is -0.279. The molecule has 108 valence electrons. The van der Waals surface area contributed by atoms with E-state index in [4.69, 9.17) is 11.6 Å². The molecule has 2 rings (SSSR count). The molecule has 0 aliphatic heterocycles. The SMILES string of the molecule is CCNC(Cc1c(F)cccc1Cl)c1c(Br)cnn1C. The molecule has 1 aromatic heterocycles. The fourth-order valence-corrected chi connectivity index (χ4v) is 3.12. The van der Waals surface area contributed by atoms with E-state index in [0.717, 1.165) is 16.7 Å². The van der Waals surface area contributed by atoms with Gasteiger partial charge in [-0.25, -0.2) is 4.39 Å². The first kappa shape index (κ1) is 15.5. The van der Waals surface area contributed by atoms with E-state index < -0.39 is 0 Å². The number of likely N-dealkylation sites (N-methyl/N-ethyl adjacent to an activating group) is 1. The number of aryl methyl sites for hydroxylation is 1. The number of aromatic nitrogens is 2. The summed E-state index contributed by atoms with van der Waals surface area (Å²) in [5.41, 5.74) is 1.50. The van der Waals surface area contributed by atoms with Crippen molar-refractivity contribution in [3.05, 3.63) is 51.0 Å². The molecule has 3 nitrogen and oxygen atoms in total. The summed E-state index contributed by atoms with van der Waals surface area (Å²) in [7, 11) is 1.87. The molecule has 20 heavy (non-hydrogen) atoms.